The summed E-state index contributed by atoms with van der Waals surface area (Å²) in [4.78, 5) is 0. The first-order chi connectivity index (χ1) is 8.61. The van der Waals surface area contributed by atoms with Crippen LogP contribution >= 0.6 is 15.9 Å². The summed E-state index contributed by atoms with van der Waals surface area (Å²) in [5, 5.41) is 9.61. The molecule has 3 atom stereocenters. The second kappa shape index (κ2) is 5.99. The zero-order valence-electron chi connectivity index (χ0n) is 10.1. The Balaban J connectivity index is 1.94. The lowest BCUT2D eigenvalue weighted by Gasteiger charge is -2.40. The maximum Gasteiger partial charge on any atom is 0.137 e. The lowest BCUT2D eigenvalue weighted by atomic mass is 9.88. The van der Waals surface area contributed by atoms with E-state index in [1.165, 1.54) is 6.07 Å². The number of hydrogen-bond donors (Lipinski definition) is 1. The molecule has 3 nitrogen and oxygen atoms in total. The van der Waals surface area contributed by atoms with E-state index in [0.29, 0.717) is 23.2 Å². The summed E-state index contributed by atoms with van der Waals surface area (Å²) in [7, 11) is 0. The topological polar surface area (TPSA) is 38.7 Å². The van der Waals surface area contributed by atoms with Gasteiger partial charge in [-0.1, -0.05) is 6.92 Å². The SMILES string of the molecule is CCCOC1C(O)CC1Oc1ccc(F)c(Br)c1. The van der Waals surface area contributed by atoms with Crippen molar-refractivity contribution in [1.29, 1.82) is 0 Å². The predicted octanol–water partition coefficient (Wildman–Crippen LogP) is 2.90. The van der Waals surface area contributed by atoms with E-state index in [-0.39, 0.29) is 18.0 Å². The average Bonchev–Trinajstić information content (AvgIpc) is 2.33. The molecule has 18 heavy (non-hydrogen) atoms. The Hall–Kier alpha value is -0.650. The summed E-state index contributed by atoms with van der Waals surface area (Å²) < 4.78 is 24.6. The summed E-state index contributed by atoms with van der Waals surface area (Å²) in [6.45, 7) is 2.62. The molecule has 0 heterocycles. The van der Waals surface area contributed by atoms with Crippen LogP contribution < -0.4 is 4.74 Å². The second-order valence-corrected chi connectivity index (χ2v) is 5.23. The minimum atomic E-state index is -0.467. The number of ether oxygens (including phenoxy) is 2. The molecule has 5 heteroatoms. The molecule has 0 aliphatic heterocycles. The van der Waals surface area contributed by atoms with Crippen molar-refractivity contribution in [1.82, 2.24) is 0 Å². The van der Waals surface area contributed by atoms with Gasteiger partial charge in [0.2, 0.25) is 0 Å². The molecule has 1 saturated carbocycles. The Morgan fingerprint density at radius 2 is 2.28 bits per heavy atom. The zero-order valence-corrected chi connectivity index (χ0v) is 11.7. The molecule has 1 aliphatic rings. The van der Waals surface area contributed by atoms with Gasteiger partial charge in [0.15, 0.2) is 0 Å². The van der Waals surface area contributed by atoms with Gasteiger partial charge in [0.25, 0.3) is 0 Å². The third-order valence-electron chi connectivity index (χ3n) is 2.91. The van der Waals surface area contributed by atoms with Crippen LogP contribution in [0.1, 0.15) is 19.8 Å². The van der Waals surface area contributed by atoms with Crippen molar-refractivity contribution < 1.29 is 19.0 Å². The van der Waals surface area contributed by atoms with Crippen molar-refractivity contribution in [2.45, 2.75) is 38.1 Å². The predicted molar refractivity (Wildman–Crippen MR) is 69.2 cm³/mol. The number of aliphatic hydroxyl groups is 1. The van der Waals surface area contributed by atoms with E-state index in [0.717, 1.165) is 6.42 Å². The molecule has 0 bridgehead atoms. The molecule has 0 amide bonds. The Bertz CT molecular complexity index is 413. The highest BCUT2D eigenvalue weighted by Crippen LogP contribution is 2.30. The second-order valence-electron chi connectivity index (χ2n) is 4.37. The van der Waals surface area contributed by atoms with E-state index in [1.807, 2.05) is 6.92 Å². The first kappa shape index (κ1) is 13.8. The Kier molecular flexibility index (Phi) is 4.59. The number of rotatable bonds is 5. The smallest absolute Gasteiger partial charge is 0.137 e. The molecule has 0 aromatic heterocycles. The van der Waals surface area contributed by atoms with E-state index in [2.05, 4.69) is 15.9 Å². The van der Waals surface area contributed by atoms with Gasteiger partial charge in [-0.05, 0) is 40.5 Å². The van der Waals surface area contributed by atoms with Crippen LogP contribution in [-0.2, 0) is 4.74 Å². The number of aliphatic hydroxyl groups excluding tert-OH is 1. The van der Waals surface area contributed by atoms with E-state index in [9.17, 15) is 9.50 Å². The van der Waals surface area contributed by atoms with Crippen molar-refractivity contribution in [3.05, 3.63) is 28.5 Å². The van der Waals surface area contributed by atoms with Gasteiger partial charge in [-0.15, -0.1) is 0 Å². The van der Waals surface area contributed by atoms with Crippen LogP contribution in [0, 0.1) is 5.82 Å². The highest BCUT2D eigenvalue weighted by molar-refractivity contribution is 9.10. The van der Waals surface area contributed by atoms with Crippen molar-refractivity contribution in [2.75, 3.05) is 6.61 Å². The molecular formula is C13H16BrFO3. The number of benzene rings is 1. The van der Waals surface area contributed by atoms with Crippen LogP contribution in [0.2, 0.25) is 0 Å². The first-order valence-electron chi connectivity index (χ1n) is 6.03. The largest absolute Gasteiger partial charge is 0.487 e. The number of hydrogen-bond acceptors (Lipinski definition) is 3. The van der Waals surface area contributed by atoms with Gasteiger partial charge in [0.05, 0.1) is 10.6 Å². The maximum absolute atomic E-state index is 13.1. The lowest BCUT2D eigenvalue weighted by molar-refractivity contribution is -0.162. The fourth-order valence-corrected chi connectivity index (χ4v) is 2.23. The fraction of sp³-hybridized carbons (Fsp3) is 0.538. The summed E-state index contributed by atoms with van der Waals surface area (Å²) in [6.07, 6.45) is 0.532. The minimum Gasteiger partial charge on any atom is -0.487 e. The maximum atomic E-state index is 13.1. The van der Waals surface area contributed by atoms with Crippen molar-refractivity contribution in [3.8, 4) is 5.75 Å². The quantitative estimate of drug-likeness (QED) is 0.907. The van der Waals surface area contributed by atoms with Crippen LogP contribution in [0.3, 0.4) is 0 Å². The molecule has 0 spiro atoms. The Labute approximate surface area is 114 Å². The standard InChI is InChI=1S/C13H16BrFO3/c1-2-5-17-13-11(16)7-12(13)18-8-3-4-10(15)9(14)6-8/h3-4,6,11-13,16H,2,5,7H2,1H3. The summed E-state index contributed by atoms with van der Waals surface area (Å²) in [5.74, 6) is 0.250. The summed E-state index contributed by atoms with van der Waals surface area (Å²) in [6, 6.07) is 4.50. The van der Waals surface area contributed by atoms with Crippen LogP contribution in [0.15, 0.2) is 22.7 Å². The van der Waals surface area contributed by atoms with Gasteiger partial charge in [-0.25, -0.2) is 4.39 Å². The zero-order chi connectivity index (χ0) is 13.1. The van der Waals surface area contributed by atoms with Crippen LogP contribution in [-0.4, -0.2) is 30.0 Å². The highest BCUT2D eigenvalue weighted by Gasteiger charge is 2.42. The Morgan fingerprint density at radius 3 is 2.89 bits per heavy atom. The van der Waals surface area contributed by atoms with Crippen LogP contribution in [0.4, 0.5) is 4.39 Å². The van der Waals surface area contributed by atoms with Crippen molar-refractivity contribution >= 4 is 15.9 Å². The van der Waals surface area contributed by atoms with E-state index in [4.69, 9.17) is 9.47 Å². The van der Waals surface area contributed by atoms with Crippen molar-refractivity contribution in [2.24, 2.45) is 0 Å². The third-order valence-corrected chi connectivity index (χ3v) is 3.52. The van der Waals surface area contributed by atoms with Crippen LogP contribution in [0.5, 0.6) is 5.75 Å². The van der Waals surface area contributed by atoms with Gasteiger partial charge in [-0.2, -0.15) is 0 Å². The lowest BCUT2D eigenvalue weighted by Crippen LogP contribution is -2.55. The van der Waals surface area contributed by atoms with Gasteiger partial charge in [0, 0.05) is 13.0 Å². The molecule has 1 aromatic carbocycles. The van der Waals surface area contributed by atoms with E-state index >= 15 is 0 Å². The minimum absolute atomic E-state index is 0.163. The van der Waals surface area contributed by atoms with Gasteiger partial charge >= 0.3 is 0 Å². The van der Waals surface area contributed by atoms with Gasteiger partial charge in [-0.3, -0.25) is 0 Å². The summed E-state index contributed by atoms with van der Waals surface area (Å²) in [5.41, 5.74) is 0. The molecule has 1 aromatic rings. The molecule has 0 radical (unpaired) electrons. The molecule has 1 fully saturated rings. The fourth-order valence-electron chi connectivity index (χ4n) is 1.87. The van der Waals surface area contributed by atoms with Crippen molar-refractivity contribution in [3.63, 3.8) is 0 Å². The molecule has 3 unspecified atom stereocenters. The highest BCUT2D eigenvalue weighted by atomic mass is 79.9. The molecule has 100 valence electrons. The Morgan fingerprint density at radius 1 is 1.50 bits per heavy atom. The normalized spacial score (nSPS) is 26.8. The molecule has 2 rings (SSSR count). The van der Waals surface area contributed by atoms with E-state index < -0.39 is 6.10 Å². The molecular weight excluding hydrogens is 303 g/mol. The monoisotopic (exact) mass is 318 g/mol. The van der Waals surface area contributed by atoms with Gasteiger partial charge < -0.3 is 14.6 Å². The molecule has 1 N–H and O–H groups in total. The van der Waals surface area contributed by atoms with Gasteiger partial charge in [0.1, 0.15) is 23.8 Å². The molecule has 0 saturated heterocycles. The first-order valence-corrected chi connectivity index (χ1v) is 6.82. The number of halogens is 2. The average molecular weight is 319 g/mol. The van der Waals surface area contributed by atoms with Crippen LogP contribution in [0.25, 0.3) is 0 Å². The summed E-state index contributed by atoms with van der Waals surface area (Å²) >= 11 is 3.11. The third kappa shape index (κ3) is 3.02. The molecule has 1 aliphatic carbocycles. The van der Waals surface area contributed by atoms with E-state index in [1.54, 1.807) is 12.1 Å².